The molecule has 0 unspecified atom stereocenters. The lowest BCUT2D eigenvalue weighted by molar-refractivity contribution is -0.127. The lowest BCUT2D eigenvalue weighted by atomic mass is 10.2. The smallest absolute Gasteiger partial charge is 0.263 e. The third kappa shape index (κ3) is 4.20. The van der Waals surface area contributed by atoms with E-state index in [2.05, 4.69) is 0 Å². The molecule has 5 rings (SSSR count). The molecule has 1 atom stereocenters. The Balaban J connectivity index is 1.48. The molecule has 3 aromatic rings. The van der Waals surface area contributed by atoms with Crippen LogP contribution in [0.3, 0.4) is 0 Å². The summed E-state index contributed by atoms with van der Waals surface area (Å²) in [6, 6.07) is 5.26. The van der Waals surface area contributed by atoms with Crippen LogP contribution in [0.25, 0.3) is 10.2 Å². The van der Waals surface area contributed by atoms with E-state index in [1.165, 1.54) is 45.8 Å². The SMILES string of the molecule is CCCn1c(S[C@@H]2CCCCN(C(=O)c3ccc(F)cc3)C2=O)nc2sc3c(c2c1=O)CCC3. The summed E-state index contributed by atoms with van der Waals surface area (Å²) < 4.78 is 15.0. The minimum Gasteiger partial charge on any atom is -0.287 e. The zero-order chi connectivity index (χ0) is 23.8. The van der Waals surface area contributed by atoms with Crippen LogP contribution in [0.4, 0.5) is 4.39 Å². The molecule has 2 aromatic heterocycles. The Labute approximate surface area is 205 Å². The second-order valence-electron chi connectivity index (χ2n) is 8.79. The van der Waals surface area contributed by atoms with E-state index in [1.807, 2.05) is 6.92 Å². The van der Waals surface area contributed by atoms with Crippen molar-refractivity contribution in [2.45, 2.75) is 68.8 Å². The van der Waals surface area contributed by atoms with E-state index < -0.39 is 17.0 Å². The number of hydrogen-bond acceptors (Lipinski definition) is 6. The third-order valence-corrected chi connectivity index (χ3v) is 8.89. The van der Waals surface area contributed by atoms with Crippen LogP contribution >= 0.6 is 23.1 Å². The van der Waals surface area contributed by atoms with Gasteiger partial charge < -0.3 is 0 Å². The number of aryl methyl sites for hydroxylation is 2. The molecule has 1 aliphatic carbocycles. The number of likely N-dealkylation sites (tertiary alicyclic amines) is 1. The summed E-state index contributed by atoms with van der Waals surface area (Å²) in [5.41, 5.74) is 1.42. The highest BCUT2D eigenvalue weighted by molar-refractivity contribution is 8.00. The fourth-order valence-corrected chi connectivity index (χ4v) is 7.28. The lowest BCUT2D eigenvalue weighted by Crippen LogP contribution is -2.41. The molecule has 1 aromatic carbocycles. The monoisotopic (exact) mass is 499 g/mol. The minimum atomic E-state index is -0.508. The van der Waals surface area contributed by atoms with Crippen LogP contribution in [-0.2, 0) is 24.2 Å². The number of carbonyl (C=O) groups is 2. The van der Waals surface area contributed by atoms with Crippen LogP contribution in [0.15, 0.2) is 34.2 Å². The van der Waals surface area contributed by atoms with Gasteiger partial charge in [-0.3, -0.25) is 23.9 Å². The Morgan fingerprint density at radius 3 is 2.74 bits per heavy atom. The molecule has 2 aliphatic rings. The second kappa shape index (κ2) is 9.62. The van der Waals surface area contributed by atoms with Gasteiger partial charge in [0, 0.05) is 23.5 Å². The number of thioether (sulfide) groups is 1. The molecule has 0 saturated carbocycles. The van der Waals surface area contributed by atoms with Gasteiger partial charge in [-0.05, 0) is 68.4 Å². The first-order valence-electron chi connectivity index (χ1n) is 11.8. The summed E-state index contributed by atoms with van der Waals surface area (Å²) in [6.07, 6.45) is 5.89. The zero-order valence-corrected chi connectivity index (χ0v) is 20.6. The van der Waals surface area contributed by atoms with Crippen LogP contribution in [-0.4, -0.2) is 38.1 Å². The van der Waals surface area contributed by atoms with Crippen molar-refractivity contribution < 1.29 is 14.0 Å². The minimum absolute atomic E-state index is 0.0194. The van der Waals surface area contributed by atoms with E-state index in [0.29, 0.717) is 31.1 Å². The predicted octanol–water partition coefficient (Wildman–Crippen LogP) is 4.81. The van der Waals surface area contributed by atoms with E-state index in [1.54, 1.807) is 15.9 Å². The number of thiophene rings is 1. The highest BCUT2D eigenvalue weighted by Crippen LogP contribution is 2.37. The molecule has 0 bridgehead atoms. The Kier molecular flexibility index (Phi) is 6.57. The van der Waals surface area contributed by atoms with Gasteiger partial charge in [-0.1, -0.05) is 25.1 Å². The van der Waals surface area contributed by atoms with Crippen molar-refractivity contribution >= 4 is 45.1 Å². The number of fused-ring (bicyclic) bond motifs is 3. The van der Waals surface area contributed by atoms with E-state index in [-0.39, 0.29) is 17.0 Å². The zero-order valence-electron chi connectivity index (χ0n) is 19.0. The van der Waals surface area contributed by atoms with Crippen molar-refractivity contribution in [3.05, 3.63) is 56.4 Å². The molecule has 0 radical (unpaired) electrons. The number of amides is 2. The Hall–Kier alpha value is -2.52. The summed E-state index contributed by atoms with van der Waals surface area (Å²) in [7, 11) is 0. The molecule has 34 heavy (non-hydrogen) atoms. The number of benzene rings is 1. The largest absolute Gasteiger partial charge is 0.287 e. The van der Waals surface area contributed by atoms with Crippen LogP contribution in [0.5, 0.6) is 0 Å². The number of imide groups is 1. The van der Waals surface area contributed by atoms with Crippen molar-refractivity contribution in [2.24, 2.45) is 0 Å². The fourth-order valence-electron chi connectivity index (χ4n) is 4.76. The van der Waals surface area contributed by atoms with Crippen molar-refractivity contribution in [3.63, 3.8) is 0 Å². The number of nitrogens with zero attached hydrogens (tertiary/aromatic N) is 3. The maximum atomic E-state index is 13.5. The van der Waals surface area contributed by atoms with Gasteiger partial charge in [0.2, 0.25) is 5.91 Å². The van der Waals surface area contributed by atoms with Gasteiger partial charge in [0.1, 0.15) is 10.6 Å². The second-order valence-corrected chi connectivity index (χ2v) is 11.0. The number of halogens is 1. The molecule has 2 amide bonds. The number of hydrogen-bond donors (Lipinski definition) is 0. The third-order valence-electron chi connectivity index (χ3n) is 6.46. The Morgan fingerprint density at radius 1 is 1.18 bits per heavy atom. The highest BCUT2D eigenvalue weighted by atomic mass is 32.2. The Bertz CT molecular complexity index is 1320. The molecule has 178 valence electrons. The van der Waals surface area contributed by atoms with Crippen LogP contribution in [0, 0.1) is 5.82 Å². The van der Waals surface area contributed by atoms with Gasteiger partial charge in [-0.15, -0.1) is 11.3 Å². The normalized spacial score (nSPS) is 18.4. The summed E-state index contributed by atoms with van der Waals surface area (Å²) in [5.74, 6) is -1.12. The molecule has 1 fully saturated rings. The summed E-state index contributed by atoms with van der Waals surface area (Å²) >= 11 is 2.89. The standard InChI is InChI=1S/C25H26FN3O3S2/c1-2-13-29-24(32)20-17-6-5-8-18(17)33-21(20)27-25(29)34-19-7-3-4-14-28(23(19)31)22(30)15-9-11-16(26)12-10-15/h9-12,19H,2-8,13-14H2,1H3/t19-/m1/s1. The molecule has 0 N–H and O–H groups in total. The molecule has 9 heteroatoms. The quantitative estimate of drug-likeness (QED) is 0.372. The average Bonchev–Trinajstić information content (AvgIpc) is 3.36. The first-order chi connectivity index (χ1) is 16.5. The highest BCUT2D eigenvalue weighted by Gasteiger charge is 2.34. The Morgan fingerprint density at radius 2 is 1.97 bits per heavy atom. The predicted molar refractivity (Wildman–Crippen MR) is 132 cm³/mol. The van der Waals surface area contributed by atoms with E-state index in [9.17, 15) is 18.8 Å². The number of rotatable bonds is 5. The number of aromatic nitrogens is 2. The molecule has 6 nitrogen and oxygen atoms in total. The van der Waals surface area contributed by atoms with Gasteiger partial charge in [0.25, 0.3) is 11.5 Å². The average molecular weight is 500 g/mol. The van der Waals surface area contributed by atoms with Crippen LogP contribution in [0.2, 0.25) is 0 Å². The summed E-state index contributed by atoms with van der Waals surface area (Å²) in [4.78, 5) is 48.1. The van der Waals surface area contributed by atoms with Gasteiger partial charge in [-0.2, -0.15) is 0 Å². The van der Waals surface area contributed by atoms with Gasteiger partial charge in [0.05, 0.1) is 10.6 Å². The van der Waals surface area contributed by atoms with Crippen molar-refractivity contribution in [3.8, 4) is 0 Å². The topological polar surface area (TPSA) is 72.3 Å². The lowest BCUT2D eigenvalue weighted by Gasteiger charge is -2.23. The first kappa shape index (κ1) is 23.2. The van der Waals surface area contributed by atoms with E-state index >= 15 is 0 Å². The maximum Gasteiger partial charge on any atom is 0.263 e. The molecular weight excluding hydrogens is 473 g/mol. The van der Waals surface area contributed by atoms with Gasteiger partial charge >= 0.3 is 0 Å². The summed E-state index contributed by atoms with van der Waals surface area (Å²) in [5, 5.41) is 0.787. The number of carbonyl (C=O) groups excluding carboxylic acids is 2. The molecule has 1 saturated heterocycles. The van der Waals surface area contributed by atoms with Crippen LogP contribution in [0.1, 0.15) is 59.8 Å². The van der Waals surface area contributed by atoms with Crippen molar-refractivity contribution in [2.75, 3.05) is 6.54 Å². The van der Waals surface area contributed by atoms with Crippen molar-refractivity contribution in [1.82, 2.24) is 14.5 Å². The first-order valence-corrected chi connectivity index (χ1v) is 13.5. The molecule has 0 spiro atoms. The van der Waals surface area contributed by atoms with Crippen molar-refractivity contribution in [1.29, 1.82) is 0 Å². The molecule has 1 aliphatic heterocycles. The van der Waals surface area contributed by atoms with Gasteiger partial charge in [0.15, 0.2) is 5.16 Å². The van der Waals surface area contributed by atoms with E-state index in [0.717, 1.165) is 47.9 Å². The summed E-state index contributed by atoms with van der Waals surface area (Å²) in [6.45, 7) is 2.88. The van der Waals surface area contributed by atoms with Gasteiger partial charge in [-0.25, -0.2) is 9.37 Å². The van der Waals surface area contributed by atoms with E-state index in [4.69, 9.17) is 4.98 Å². The van der Waals surface area contributed by atoms with Crippen LogP contribution < -0.4 is 5.56 Å². The molecular formula is C25H26FN3O3S2. The maximum absolute atomic E-state index is 13.5. The fraction of sp³-hybridized carbons (Fsp3) is 0.440. The molecule has 3 heterocycles.